The summed E-state index contributed by atoms with van der Waals surface area (Å²) in [5.41, 5.74) is 3.10. The summed E-state index contributed by atoms with van der Waals surface area (Å²) in [5, 5.41) is 7.34. The summed E-state index contributed by atoms with van der Waals surface area (Å²) in [4.78, 5) is 46.7. The Morgan fingerprint density at radius 2 is 1.78 bits per heavy atom. The number of ether oxygens (including phenoxy) is 2. The Labute approximate surface area is 283 Å². The molecule has 1 aliphatic carbocycles. The van der Waals surface area contributed by atoms with Crippen LogP contribution in [0.2, 0.25) is 15.1 Å². The first-order chi connectivity index (χ1) is 22.1. The number of hydrogen-bond acceptors (Lipinski definition) is 7. The SMILES string of the molecule is CCC(=O)NCc1ccc(Cl)c(CN(C(=O)[C@H]2CNCC(=O)N2c2ccc(OCCOc3c(Cl)cc(C)cc3Cl)nc2)C2CC2)c1. The lowest BCUT2D eigenvalue weighted by Gasteiger charge is -2.38. The number of pyridine rings is 1. The van der Waals surface area contributed by atoms with Crippen LogP contribution in [-0.4, -0.2) is 66.0 Å². The van der Waals surface area contributed by atoms with Crippen LogP contribution >= 0.6 is 34.8 Å². The summed E-state index contributed by atoms with van der Waals surface area (Å²) in [6, 6.07) is 11.8. The maximum Gasteiger partial charge on any atom is 0.247 e. The molecule has 2 aromatic carbocycles. The van der Waals surface area contributed by atoms with Crippen LogP contribution in [0.1, 0.15) is 42.9 Å². The molecule has 5 rings (SSSR count). The Kier molecular flexibility index (Phi) is 11.3. The fourth-order valence-corrected chi connectivity index (χ4v) is 6.12. The van der Waals surface area contributed by atoms with E-state index in [2.05, 4.69) is 15.6 Å². The highest BCUT2D eigenvalue weighted by Gasteiger charge is 2.41. The summed E-state index contributed by atoms with van der Waals surface area (Å²) in [6.45, 7) is 5.13. The van der Waals surface area contributed by atoms with Gasteiger partial charge in [-0.3, -0.25) is 19.3 Å². The van der Waals surface area contributed by atoms with E-state index >= 15 is 0 Å². The van der Waals surface area contributed by atoms with E-state index in [0.717, 1.165) is 29.5 Å². The number of carbonyl (C=O) groups is 3. The van der Waals surface area contributed by atoms with Crippen molar-refractivity contribution in [3.05, 3.63) is 80.4 Å². The summed E-state index contributed by atoms with van der Waals surface area (Å²) >= 11 is 19.0. The molecule has 244 valence electrons. The average molecular weight is 689 g/mol. The zero-order valence-corrected chi connectivity index (χ0v) is 27.9. The molecule has 1 aliphatic heterocycles. The van der Waals surface area contributed by atoms with Gasteiger partial charge in [-0.2, -0.15) is 0 Å². The van der Waals surface area contributed by atoms with Crippen molar-refractivity contribution in [3.8, 4) is 11.6 Å². The van der Waals surface area contributed by atoms with Crippen molar-refractivity contribution >= 4 is 58.2 Å². The number of nitrogens with zero attached hydrogens (tertiary/aromatic N) is 3. The van der Waals surface area contributed by atoms with E-state index in [1.165, 1.54) is 11.1 Å². The summed E-state index contributed by atoms with van der Waals surface area (Å²) in [5.74, 6) is 0.280. The molecule has 13 heteroatoms. The molecule has 1 aromatic heterocycles. The number of rotatable bonds is 13. The van der Waals surface area contributed by atoms with Gasteiger partial charge in [-0.05, 0) is 60.7 Å². The quantitative estimate of drug-likeness (QED) is 0.234. The van der Waals surface area contributed by atoms with Crippen molar-refractivity contribution in [2.24, 2.45) is 0 Å². The monoisotopic (exact) mass is 687 g/mol. The Balaban J connectivity index is 1.24. The number of aromatic nitrogens is 1. The molecule has 0 spiro atoms. The highest BCUT2D eigenvalue weighted by Crippen LogP contribution is 2.34. The molecule has 0 unspecified atom stereocenters. The maximum atomic E-state index is 14.1. The number of benzene rings is 2. The van der Waals surface area contributed by atoms with E-state index in [1.54, 1.807) is 37.3 Å². The van der Waals surface area contributed by atoms with Gasteiger partial charge in [-0.15, -0.1) is 0 Å². The topological polar surface area (TPSA) is 113 Å². The Morgan fingerprint density at radius 1 is 1.04 bits per heavy atom. The molecule has 2 N–H and O–H groups in total. The molecule has 1 saturated carbocycles. The number of carbonyl (C=O) groups excluding carboxylic acids is 3. The normalized spacial score (nSPS) is 16.2. The number of aryl methyl sites for hydroxylation is 1. The smallest absolute Gasteiger partial charge is 0.247 e. The minimum Gasteiger partial charge on any atom is -0.487 e. The first kappa shape index (κ1) is 33.8. The second-order valence-corrected chi connectivity index (χ2v) is 12.5. The van der Waals surface area contributed by atoms with Gasteiger partial charge in [-0.1, -0.05) is 53.9 Å². The number of piperazine rings is 1. The van der Waals surface area contributed by atoms with Gasteiger partial charge >= 0.3 is 0 Å². The number of nitrogens with one attached hydrogen (secondary N) is 2. The minimum atomic E-state index is -0.765. The second kappa shape index (κ2) is 15.3. The number of anilines is 1. The van der Waals surface area contributed by atoms with Crippen molar-refractivity contribution < 1.29 is 23.9 Å². The highest BCUT2D eigenvalue weighted by molar-refractivity contribution is 6.37. The van der Waals surface area contributed by atoms with Crippen LogP contribution < -0.4 is 25.0 Å². The standard InChI is InChI=1S/C33H36Cl3N5O5/c1-3-29(42)38-15-21-4-8-25(34)22(14-21)19-40(23-5-6-23)33(44)28-17-37-18-31(43)41(28)24-7-9-30(39-16-24)45-10-11-46-32-26(35)12-20(2)13-27(32)36/h4,7-9,12-14,16,23,28,37H,3,5-6,10-11,15,17-19H2,1-2H3,(H,38,42)/t28-/m1/s1. The largest absolute Gasteiger partial charge is 0.487 e. The third-order valence-corrected chi connectivity index (χ3v) is 8.66. The van der Waals surface area contributed by atoms with Crippen molar-refractivity contribution in [1.82, 2.24) is 20.5 Å². The molecular weight excluding hydrogens is 653 g/mol. The van der Waals surface area contributed by atoms with Crippen molar-refractivity contribution in [2.45, 2.75) is 58.3 Å². The molecule has 2 aliphatic rings. The van der Waals surface area contributed by atoms with Gasteiger partial charge in [0.1, 0.15) is 19.3 Å². The fourth-order valence-electron chi connectivity index (χ4n) is 5.24. The van der Waals surface area contributed by atoms with E-state index in [-0.39, 0.29) is 43.5 Å². The minimum absolute atomic E-state index is 0.0437. The molecule has 2 fully saturated rings. The van der Waals surface area contributed by atoms with E-state index < -0.39 is 6.04 Å². The lowest BCUT2D eigenvalue weighted by atomic mass is 10.1. The predicted octanol–water partition coefficient (Wildman–Crippen LogP) is 5.33. The maximum absolute atomic E-state index is 14.1. The van der Waals surface area contributed by atoms with Crippen molar-refractivity contribution in [1.29, 1.82) is 0 Å². The predicted molar refractivity (Wildman–Crippen MR) is 178 cm³/mol. The zero-order valence-electron chi connectivity index (χ0n) is 25.7. The van der Waals surface area contributed by atoms with Crippen LogP contribution in [0.3, 0.4) is 0 Å². The highest BCUT2D eigenvalue weighted by atomic mass is 35.5. The molecule has 3 amide bonds. The van der Waals surface area contributed by atoms with Gasteiger partial charge in [0.2, 0.25) is 23.6 Å². The van der Waals surface area contributed by atoms with Crippen LogP contribution in [0.5, 0.6) is 11.6 Å². The van der Waals surface area contributed by atoms with Crippen LogP contribution in [-0.2, 0) is 27.5 Å². The molecule has 10 nitrogen and oxygen atoms in total. The van der Waals surface area contributed by atoms with Crippen molar-refractivity contribution in [3.63, 3.8) is 0 Å². The summed E-state index contributed by atoms with van der Waals surface area (Å²) in [7, 11) is 0. The molecule has 46 heavy (non-hydrogen) atoms. The average Bonchev–Trinajstić information content (AvgIpc) is 3.88. The van der Waals surface area contributed by atoms with Gasteiger partial charge < -0.3 is 25.0 Å². The summed E-state index contributed by atoms with van der Waals surface area (Å²) in [6.07, 6.45) is 3.68. The van der Waals surface area contributed by atoms with Gasteiger partial charge in [0.05, 0.1) is 28.5 Å². The van der Waals surface area contributed by atoms with Crippen LogP contribution in [0.4, 0.5) is 5.69 Å². The molecule has 1 atom stereocenters. The third kappa shape index (κ3) is 8.41. The van der Waals surface area contributed by atoms with E-state index in [4.69, 9.17) is 44.3 Å². The summed E-state index contributed by atoms with van der Waals surface area (Å²) < 4.78 is 11.4. The number of hydrogen-bond donors (Lipinski definition) is 2. The number of amides is 3. The second-order valence-electron chi connectivity index (χ2n) is 11.3. The molecular formula is C33H36Cl3N5O5. The lowest BCUT2D eigenvalue weighted by Crippen LogP contribution is -2.61. The fraction of sp³-hybridized carbons (Fsp3) is 0.394. The molecule has 3 aromatic rings. The van der Waals surface area contributed by atoms with E-state index in [9.17, 15) is 14.4 Å². The first-order valence-corrected chi connectivity index (χ1v) is 16.3. The lowest BCUT2D eigenvalue weighted by molar-refractivity contribution is -0.136. The van der Waals surface area contributed by atoms with Crippen molar-refractivity contribution in [2.75, 3.05) is 31.2 Å². The molecule has 1 saturated heterocycles. The van der Waals surface area contributed by atoms with E-state index in [0.29, 0.717) is 58.4 Å². The van der Waals surface area contributed by atoms with Gasteiger partial charge in [0.25, 0.3) is 0 Å². The zero-order chi connectivity index (χ0) is 32.8. The molecule has 2 heterocycles. The Morgan fingerprint density at radius 3 is 2.46 bits per heavy atom. The van der Waals surface area contributed by atoms with Crippen LogP contribution in [0.25, 0.3) is 0 Å². The van der Waals surface area contributed by atoms with Gasteiger partial charge in [-0.25, -0.2) is 4.98 Å². The first-order valence-electron chi connectivity index (χ1n) is 15.2. The van der Waals surface area contributed by atoms with Crippen LogP contribution in [0, 0.1) is 6.92 Å². The molecule has 0 radical (unpaired) electrons. The Bertz CT molecular complexity index is 1560. The van der Waals surface area contributed by atoms with Crippen LogP contribution in [0.15, 0.2) is 48.7 Å². The number of halogens is 3. The van der Waals surface area contributed by atoms with E-state index in [1.807, 2.05) is 24.0 Å². The third-order valence-electron chi connectivity index (χ3n) is 7.73. The van der Waals surface area contributed by atoms with Gasteiger partial charge in [0.15, 0.2) is 5.75 Å². The molecule has 0 bridgehead atoms. The van der Waals surface area contributed by atoms with Gasteiger partial charge in [0, 0.05) is 43.2 Å². The Hall–Kier alpha value is -3.57.